The summed E-state index contributed by atoms with van der Waals surface area (Å²) in [4.78, 5) is 28.6. The second-order valence-electron chi connectivity index (χ2n) is 7.81. The Balaban J connectivity index is 3.36. The molecule has 0 unspecified atom stereocenters. The number of esters is 1. The molecular weight excluding hydrogens is 407 g/mol. The number of carbonyl (C=O) groups excluding carboxylic acids is 1. The van der Waals surface area contributed by atoms with Crippen molar-refractivity contribution in [1.29, 1.82) is 0 Å². The van der Waals surface area contributed by atoms with Crippen molar-refractivity contribution in [3.8, 4) is 0 Å². The van der Waals surface area contributed by atoms with E-state index in [0.717, 1.165) is 32.1 Å². The van der Waals surface area contributed by atoms with Crippen LogP contribution in [0.3, 0.4) is 0 Å². The summed E-state index contributed by atoms with van der Waals surface area (Å²) < 4.78 is 19.5. The van der Waals surface area contributed by atoms with Gasteiger partial charge in [0.2, 0.25) is 0 Å². The molecule has 0 spiro atoms. The van der Waals surface area contributed by atoms with Crippen LogP contribution in [0.4, 0.5) is 0 Å². The number of hydrogen-bond acceptors (Lipinski definition) is 5. The van der Waals surface area contributed by atoms with Crippen LogP contribution in [0.1, 0.15) is 103 Å². The van der Waals surface area contributed by atoms with Crippen LogP contribution in [0.5, 0.6) is 0 Å². The molecule has 0 bridgehead atoms. The summed E-state index contributed by atoms with van der Waals surface area (Å²) in [5.74, 6) is -0.418. The number of allylic oxidation sites excluding steroid dienone is 2. The van der Waals surface area contributed by atoms with E-state index in [9.17, 15) is 14.5 Å². The molecule has 3 N–H and O–H groups in total. The van der Waals surface area contributed by atoms with Gasteiger partial charge in [0.15, 0.2) is 0 Å². The summed E-state index contributed by atoms with van der Waals surface area (Å²) in [5, 5.41) is 9.42. The number of aliphatic hydroxyl groups is 1. The van der Waals surface area contributed by atoms with Gasteiger partial charge in [-0.1, -0.05) is 76.9 Å². The normalized spacial score (nSPS) is 13.1. The van der Waals surface area contributed by atoms with Crippen molar-refractivity contribution in [1.82, 2.24) is 0 Å². The van der Waals surface area contributed by atoms with Gasteiger partial charge in [-0.2, -0.15) is 0 Å². The van der Waals surface area contributed by atoms with E-state index in [2.05, 4.69) is 23.6 Å². The molecule has 0 saturated heterocycles. The second kappa shape index (κ2) is 20.2. The third-order valence-electron chi connectivity index (χ3n) is 4.76. The van der Waals surface area contributed by atoms with Gasteiger partial charge in [-0.3, -0.25) is 9.32 Å². The quantitative estimate of drug-likeness (QED) is 0.0925. The van der Waals surface area contributed by atoms with Crippen LogP contribution in [0.25, 0.3) is 0 Å². The van der Waals surface area contributed by atoms with Crippen molar-refractivity contribution in [3.05, 3.63) is 12.2 Å². The molecule has 0 aromatic rings. The number of unbranched alkanes of at least 4 members (excludes halogenated alkanes) is 12. The van der Waals surface area contributed by atoms with Crippen LogP contribution in [0.2, 0.25) is 0 Å². The van der Waals surface area contributed by atoms with Crippen LogP contribution < -0.4 is 0 Å². The molecule has 0 aromatic heterocycles. The van der Waals surface area contributed by atoms with Crippen LogP contribution in [-0.2, 0) is 18.6 Å². The SMILES string of the molecule is CCCCCCCCCC=CCCCCCCCC(=O)OC[C@@H](O)COP(=O)(O)O. The van der Waals surface area contributed by atoms with E-state index in [0.29, 0.717) is 0 Å². The third-order valence-corrected chi connectivity index (χ3v) is 5.25. The fourth-order valence-corrected chi connectivity index (χ4v) is 3.38. The average molecular weight is 451 g/mol. The van der Waals surface area contributed by atoms with Crippen molar-refractivity contribution in [2.75, 3.05) is 13.2 Å². The van der Waals surface area contributed by atoms with Crippen molar-refractivity contribution >= 4 is 13.8 Å². The Kier molecular flexibility index (Phi) is 19.7. The third kappa shape index (κ3) is 23.6. The Labute approximate surface area is 182 Å². The molecule has 0 heterocycles. The highest BCUT2D eigenvalue weighted by Gasteiger charge is 2.17. The zero-order valence-electron chi connectivity index (χ0n) is 18.7. The Bertz CT molecular complexity index is 476. The van der Waals surface area contributed by atoms with E-state index in [1.165, 1.54) is 57.8 Å². The first kappa shape index (κ1) is 29.3. The predicted molar refractivity (Wildman–Crippen MR) is 119 cm³/mol. The molecule has 0 aromatic carbocycles. The van der Waals surface area contributed by atoms with Gasteiger partial charge in [-0.25, -0.2) is 4.57 Å². The minimum Gasteiger partial charge on any atom is -0.463 e. The highest BCUT2D eigenvalue weighted by Crippen LogP contribution is 2.35. The standard InChI is InChI=1S/C22H43O7P/c1-2-3-4-5-6-7-8-9-10-11-12-13-14-15-16-17-18-22(24)28-19-21(23)20-29-30(25,26)27/h10-11,21,23H,2-9,12-20H2,1H3,(H2,25,26,27)/t21-/m1/s1. The van der Waals surface area contributed by atoms with Gasteiger partial charge in [0.25, 0.3) is 0 Å². The minimum atomic E-state index is -4.62. The van der Waals surface area contributed by atoms with Crippen molar-refractivity contribution in [2.24, 2.45) is 0 Å². The van der Waals surface area contributed by atoms with Crippen molar-refractivity contribution < 1.29 is 33.5 Å². The average Bonchev–Trinajstić information content (AvgIpc) is 2.69. The lowest BCUT2D eigenvalue weighted by atomic mass is 10.1. The molecule has 0 fully saturated rings. The Morgan fingerprint density at radius 1 is 0.833 bits per heavy atom. The Morgan fingerprint density at radius 3 is 1.87 bits per heavy atom. The molecule has 7 nitrogen and oxygen atoms in total. The van der Waals surface area contributed by atoms with E-state index < -0.39 is 26.5 Å². The number of rotatable bonds is 21. The summed E-state index contributed by atoms with van der Waals surface area (Å²) in [6.45, 7) is 1.34. The van der Waals surface area contributed by atoms with E-state index in [-0.39, 0.29) is 13.0 Å². The zero-order chi connectivity index (χ0) is 22.5. The fourth-order valence-electron chi connectivity index (χ4n) is 3.01. The maximum atomic E-state index is 11.6. The Hall–Kier alpha value is -0.720. The molecule has 0 aliphatic heterocycles. The molecule has 0 rings (SSSR count). The summed E-state index contributed by atoms with van der Waals surface area (Å²) in [5.41, 5.74) is 0. The number of ether oxygens (including phenoxy) is 1. The summed E-state index contributed by atoms with van der Waals surface area (Å²) in [6, 6.07) is 0. The van der Waals surface area contributed by atoms with E-state index in [1.54, 1.807) is 0 Å². The first-order valence-corrected chi connectivity index (χ1v) is 13.1. The molecule has 1 atom stereocenters. The summed E-state index contributed by atoms with van der Waals surface area (Å²) >= 11 is 0. The molecule has 8 heteroatoms. The predicted octanol–water partition coefficient (Wildman–Crippen LogP) is 5.43. The summed E-state index contributed by atoms with van der Waals surface area (Å²) in [6.07, 6.45) is 20.5. The molecule has 30 heavy (non-hydrogen) atoms. The number of phosphoric ester groups is 1. The van der Waals surface area contributed by atoms with E-state index >= 15 is 0 Å². The van der Waals surface area contributed by atoms with Gasteiger partial charge >= 0.3 is 13.8 Å². The highest BCUT2D eigenvalue weighted by molar-refractivity contribution is 7.46. The van der Waals surface area contributed by atoms with Gasteiger partial charge in [-0.15, -0.1) is 0 Å². The molecular formula is C22H43O7P. The van der Waals surface area contributed by atoms with Gasteiger partial charge < -0.3 is 19.6 Å². The fraction of sp³-hybridized carbons (Fsp3) is 0.864. The number of hydrogen-bond donors (Lipinski definition) is 3. The van der Waals surface area contributed by atoms with E-state index in [4.69, 9.17) is 14.5 Å². The maximum Gasteiger partial charge on any atom is 0.469 e. The second-order valence-corrected chi connectivity index (χ2v) is 9.05. The number of carbonyl (C=O) groups is 1. The molecule has 178 valence electrons. The number of aliphatic hydroxyl groups excluding tert-OH is 1. The van der Waals surface area contributed by atoms with Crippen LogP contribution in [0.15, 0.2) is 12.2 Å². The van der Waals surface area contributed by atoms with Crippen molar-refractivity contribution in [2.45, 2.75) is 109 Å². The topological polar surface area (TPSA) is 113 Å². The van der Waals surface area contributed by atoms with Gasteiger partial charge in [0.1, 0.15) is 12.7 Å². The maximum absolute atomic E-state index is 11.6. The largest absolute Gasteiger partial charge is 0.469 e. The molecule has 0 aliphatic rings. The zero-order valence-corrected chi connectivity index (χ0v) is 19.6. The lowest BCUT2D eigenvalue weighted by Gasteiger charge is -2.12. The van der Waals surface area contributed by atoms with Crippen LogP contribution >= 0.6 is 7.82 Å². The lowest BCUT2D eigenvalue weighted by molar-refractivity contribution is -0.147. The number of phosphoric acid groups is 1. The monoisotopic (exact) mass is 450 g/mol. The molecule has 0 aliphatic carbocycles. The molecule has 0 amide bonds. The van der Waals surface area contributed by atoms with Gasteiger partial charge in [-0.05, 0) is 32.1 Å². The molecule has 0 saturated carbocycles. The minimum absolute atomic E-state index is 0.282. The lowest BCUT2D eigenvalue weighted by Crippen LogP contribution is -2.23. The van der Waals surface area contributed by atoms with E-state index in [1.807, 2.05) is 0 Å². The molecule has 0 radical (unpaired) electrons. The van der Waals surface area contributed by atoms with Gasteiger partial charge in [0.05, 0.1) is 6.61 Å². The van der Waals surface area contributed by atoms with Crippen LogP contribution in [0, 0.1) is 0 Å². The van der Waals surface area contributed by atoms with Crippen LogP contribution in [-0.4, -0.2) is 40.2 Å². The first-order chi connectivity index (χ1) is 14.3. The first-order valence-electron chi connectivity index (χ1n) is 11.5. The smallest absolute Gasteiger partial charge is 0.463 e. The highest BCUT2D eigenvalue weighted by atomic mass is 31.2. The Morgan fingerprint density at radius 2 is 1.33 bits per heavy atom. The van der Waals surface area contributed by atoms with Gasteiger partial charge in [0, 0.05) is 6.42 Å². The van der Waals surface area contributed by atoms with Crippen molar-refractivity contribution in [3.63, 3.8) is 0 Å². The summed E-state index contributed by atoms with van der Waals surface area (Å²) in [7, 11) is -4.62.